The molecule has 0 spiro atoms. The minimum atomic E-state index is -0.731. The van der Waals surface area contributed by atoms with Gasteiger partial charge in [-0.25, -0.2) is 0 Å². The summed E-state index contributed by atoms with van der Waals surface area (Å²) in [4.78, 5) is 26.4. The minimum absolute atomic E-state index is 0.0567. The Morgan fingerprint density at radius 1 is 1.18 bits per heavy atom. The van der Waals surface area contributed by atoms with Gasteiger partial charge < -0.3 is 15.4 Å². The number of hydrogen-bond acceptors (Lipinski definition) is 2. The molecule has 1 heterocycles. The molecule has 1 saturated carbocycles. The molecule has 1 aromatic heterocycles. The van der Waals surface area contributed by atoms with Gasteiger partial charge in [-0.3, -0.25) is 9.59 Å². The lowest BCUT2D eigenvalue weighted by Crippen LogP contribution is -2.38. The molecule has 1 aromatic carbocycles. The van der Waals surface area contributed by atoms with Crippen molar-refractivity contribution in [3.63, 3.8) is 0 Å². The zero-order valence-corrected chi connectivity index (χ0v) is 13.5. The van der Waals surface area contributed by atoms with E-state index in [4.69, 9.17) is 5.11 Å². The number of aromatic amines is 1. The zero-order chi connectivity index (χ0) is 15.7. The number of carbonyl (C=O) groups is 2. The van der Waals surface area contributed by atoms with E-state index >= 15 is 0 Å². The topological polar surface area (TPSA) is 82.2 Å². The summed E-state index contributed by atoms with van der Waals surface area (Å²) in [6, 6.07) is 7.70. The first-order chi connectivity index (χ1) is 10.5. The van der Waals surface area contributed by atoms with Gasteiger partial charge in [0.25, 0.3) is 5.91 Å². The molecule has 0 saturated heterocycles. The minimum Gasteiger partial charge on any atom is -0.481 e. The van der Waals surface area contributed by atoms with Gasteiger partial charge in [0.15, 0.2) is 0 Å². The molecule has 22 heavy (non-hydrogen) atoms. The van der Waals surface area contributed by atoms with E-state index in [-0.39, 0.29) is 17.9 Å². The maximum Gasteiger partial charge on any atom is 0.306 e. The van der Waals surface area contributed by atoms with E-state index < -0.39 is 5.97 Å². The van der Waals surface area contributed by atoms with Crippen molar-refractivity contribution in [1.29, 1.82) is 0 Å². The number of H-pyrrole nitrogens is 1. The van der Waals surface area contributed by atoms with Gasteiger partial charge in [-0.05, 0) is 49.9 Å². The number of carboxylic acids is 1. The summed E-state index contributed by atoms with van der Waals surface area (Å²) in [5, 5.41) is 13.0. The lowest BCUT2D eigenvalue weighted by atomic mass is 9.86. The summed E-state index contributed by atoms with van der Waals surface area (Å²) >= 11 is 3.41. The summed E-state index contributed by atoms with van der Waals surface area (Å²) < 4.78 is 0.970. The molecule has 0 radical (unpaired) electrons. The fourth-order valence-electron chi connectivity index (χ4n) is 2.97. The fraction of sp³-hybridized carbons (Fsp3) is 0.375. The van der Waals surface area contributed by atoms with Crippen LogP contribution >= 0.6 is 15.9 Å². The van der Waals surface area contributed by atoms with E-state index in [9.17, 15) is 9.59 Å². The third-order valence-electron chi connectivity index (χ3n) is 4.24. The molecule has 3 rings (SSSR count). The van der Waals surface area contributed by atoms with Crippen molar-refractivity contribution >= 4 is 38.7 Å². The van der Waals surface area contributed by atoms with Crippen LogP contribution in [0, 0.1) is 5.92 Å². The maximum absolute atomic E-state index is 12.3. The van der Waals surface area contributed by atoms with E-state index in [2.05, 4.69) is 26.2 Å². The maximum atomic E-state index is 12.3. The third kappa shape index (κ3) is 3.16. The van der Waals surface area contributed by atoms with Crippen molar-refractivity contribution in [3.05, 3.63) is 34.4 Å². The number of aliphatic carboxylic acids is 1. The van der Waals surface area contributed by atoms with E-state index in [0.29, 0.717) is 31.4 Å². The molecule has 6 heteroatoms. The first-order valence-electron chi connectivity index (χ1n) is 7.35. The summed E-state index contributed by atoms with van der Waals surface area (Å²) in [7, 11) is 0. The molecule has 1 amide bonds. The van der Waals surface area contributed by atoms with E-state index in [1.165, 1.54) is 0 Å². The first-order valence-corrected chi connectivity index (χ1v) is 8.14. The molecule has 0 unspecified atom stereocenters. The van der Waals surface area contributed by atoms with Gasteiger partial charge in [0.05, 0.1) is 5.92 Å². The van der Waals surface area contributed by atoms with E-state index in [1.807, 2.05) is 24.3 Å². The average Bonchev–Trinajstić information content (AvgIpc) is 2.91. The number of benzene rings is 1. The second-order valence-electron chi connectivity index (χ2n) is 5.77. The zero-order valence-electron chi connectivity index (χ0n) is 11.9. The van der Waals surface area contributed by atoms with Gasteiger partial charge >= 0.3 is 5.97 Å². The molecular weight excluding hydrogens is 348 g/mol. The van der Waals surface area contributed by atoms with Crippen LogP contribution in [0.2, 0.25) is 0 Å². The quantitative estimate of drug-likeness (QED) is 0.781. The summed E-state index contributed by atoms with van der Waals surface area (Å²) in [6.45, 7) is 0. The van der Waals surface area contributed by atoms with Gasteiger partial charge in [0.1, 0.15) is 5.69 Å². The summed E-state index contributed by atoms with van der Waals surface area (Å²) in [6.07, 6.45) is 2.68. The van der Waals surface area contributed by atoms with E-state index in [0.717, 1.165) is 15.4 Å². The normalized spacial score (nSPS) is 21.7. The average molecular weight is 365 g/mol. The van der Waals surface area contributed by atoms with Crippen LogP contribution in [0.25, 0.3) is 10.9 Å². The smallest absolute Gasteiger partial charge is 0.306 e. The summed E-state index contributed by atoms with van der Waals surface area (Å²) in [5.41, 5.74) is 1.45. The largest absolute Gasteiger partial charge is 0.481 e. The molecule has 3 N–H and O–H groups in total. The molecule has 116 valence electrons. The molecular formula is C16H17BrN2O3. The standard InChI is InChI=1S/C16H17BrN2O3/c17-11-3-6-13-10(7-11)8-14(19-13)15(20)18-12-4-1-9(2-5-12)16(21)22/h3,6-9,12,19H,1-2,4-5H2,(H,18,20)(H,21,22). The second kappa shape index (κ2) is 6.12. The number of hydrogen-bond donors (Lipinski definition) is 3. The fourth-order valence-corrected chi connectivity index (χ4v) is 3.35. The number of aromatic nitrogens is 1. The lowest BCUT2D eigenvalue weighted by molar-refractivity contribution is -0.142. The summed E-state index contributed by atoms with van der Waals surface area (Å²) in [5.74, 6) is -1.13. The number of halogens is 1. The predicted molar refractivity (Wildman–Crippen MR) is 86.8 cm³/mol. The van der Waals surface area contributed by atoms with Gasteiger partial charge in [0.2, 0.25) is 0 Å². The van der Waals surface area contributed by atoms with Crippen molar-refractivity contribution in [2.45, 2.75) is 31.7 Å². The van der Waals surface area contributed by atoms with Crippen LogP contribution in [0.4, 0.5) is 0 Å². The van der Waals surface area contributed by atoms with Crippen LogP contribution in [-0.2, 0) is 4.79 Å². The number of rotatable bonds is 3. The van der Waals surface area contributed by atoms with Gasteiger partial charge in [-0.15, -0.1) is 0 Å². The van der Waals surface area contributed by atoms with Gasteiger partial charge in [0, 0.05) is 21.4 Å². The van der Waals surface area contributed by atoms with Crippen LogP contribution in [0.15, 0.2) is 28.7 Å². The predicted octanol–water partition coefficient (Wildman–Crippen LogP) is 3.30. The molecule has 1 aliphatic rings. The Balaban J connectivity index is 1.65. The Morgan fingerprint density at radius 2 is 1.91 bits per heavy atom. The molecule has 0 bridgehead atoms. The number of carboxylic acid groups (broad SMARTS) is 1. The van der Waals surface area contributed by atoms with Crippen LogP contribution in [0.1, 0.15) is 36.2 Å². The Labute approximate surface area is 136 Å². The molecule has 0 aliphatic heterocycles. The van der Waals surface area contributed by atoms with Crippen molar-refractivity contribution in [3.8, 4) is 0 Å². The van der Waals surface area contributed by atoms with Gasteiger partial charge in [-0.2, -0.15) is 0 Å². The highest BCUT2D eigenvalue weighted by Crippen LogP contribution is 2.25. The lowest BCUT2D eigenvalue weighted by Gasteiger charge is -2.26. The molecule has 2 aromatic rings. The van der Waals surface area contributed by atoms with Crippen LogP contribution in [0.5, 0.6) is 0 Å². The second-order valence-corrected chi connectivity index (χ2v) is 6.69. The molecule has 1 aliphatic carbocycles. The monoisotopic (exact) mass is 364 g/mol. The van der Waals surface area contributed by atoms with Crippen LogP contribution < -0.4 is 5.32 Å². The highest BCUT2D eigenvalue weighted by molar-refractivity contribution is 9.10. The number of amides is 1. The van der Waals surface area contributed by atoms with Gasteiger partial charge in [-0.1, -0.05) is 15.9 Å². The molecule has 5 nitrogen and oxygen atoms in total. The molecule has 1 fully saturated rings. The number of fused-ring (bicyclic) bond motifs is 1. The number of nitrogens with one attached hydrogen (secondary N) is 2. The SMILES string of the molecule is O=C(NC1CCC(C(=O)O)CC1)c1cc2cc(Br)ccc2[nH]1. The highest BCUT2D eigenvalue weighted by Gasteiger charge is 2.27. The van der Waals surface area contributed by atoms with Crippen LogP contribution in [0.3, 0.4) is 0 Å². The first kappa shape index (κ1) is 15.1. The Morgan fingerprint density at radius 3 is 2.59 bits per heavy atom. The number of carbonyl (C=O) groups excluding carboxylic acids is 1. The highest BCUT2D eigenvalue weighted by atomic mass is 79.9. The Kier molecular flexibility index (Phi) is 4.20. The Bertz CT molecular complexity index is 717. The third-order valence-corrected chi connectivity index (χ3v) is 4.73. The van der Waals surface area contributed by atoms with Crippen molar-refractivity contribution in [2.75, 3.05) is 0 Å². The van der Waals surface area contributed by atoms with Crippen molar-refractivity contribution in [1.82, 2.24) is 10.3 Å². The van der Waals surface area contributed by atoms with E-state index in [1.54, 1.807) is 0 Å². The van der Waals surface area contributed by atoms with Crippen molar-refractivity contribution < 1.29 is 14.7 Å². The van der Waals surface area contributed by atoms with Crippen LogP contribution in [-0.4, -0.2) is 28.0 Å². The molecule has 0 atom stereocenters. The van der Waals surface area contributed by atoms with Crippen molar-refractivity contribution in [2.24, 2.45) is 5.92 Å². The Hall–Kier alpha value is -1.82.